The lowest BCUT2D eigenvalue weighted by molar-refractivity contribution is 0.196. The molecule has 2 N–H and O–H groups in total. The lowest BCUT2D eigenvalue weighted by atomic mass is 10.1. The first kappa shape index (κ1) is 12.8. The summed E-state index contributed by atoms with van der Waals surface area (Å²) in [5.41, 5.74) is 5.93. The van der Waals surface area contributed by atoms with Gasteiger partial charge in [0.25, 0.3) is 0 Å². The van der Waals surface area contributed by atoms with Crippen molar-refractivity contribution in [3.63, 3.8) is 0 Å². The van der Waals surface area contributed by atoms with E-state index in [1.165, 1.54) is 17.0 Å². The van der Waals surface area contributed by atoms with Crippen LogP contribution >= 0.6 is 0 Å². The number of hydrogen-bond donors (Lipinski definition) is 1. The summed E-state index contributed by atoms with van der Waals surface area (Å²) in [6.07, 6.45) is 0. The lowest BCUT2D eigenvalue weighted by Gasteiger charge is -2.21. The monoisotopic (exact) mass is 255 g/mol. The molecule has 1 unspecified atom stereocenters. The van der Waals surface area contributed by atoms with Crippen molar-refractivity contribution < 1.29 is 13.6 Å². The van der Waals surface area contributed by atoms with E-state index >= 15 is 0 Å². The summed E-state index contributed by atoms with van der Waals surface area (Å²) in [7, 11) is 1.69. The zero-order valence-corrected chi connectivity index (χ0v) is 10.1. The minimum Gasteiger partial charge on any atom is -0.326 e. The van der Waals surface area contributed by atoms with Crippen molar-refractivity contribution in [1.29, 1.82) is 0 Å². The number of rotatable bonds is 3. The van der Waals surface area contributed by atoms with Crippen molar-refractivity contribution in [2.24, 2.45) is 5.73 Å². The van der Waals surface area contributed by atoms with Crippen LogP contribution in [0.1, 0.15) is 11.6 Å². The molecule has 1 aliphatic heterocycles. The Kier molecular flexibility index (Phi) is 3.47. The zero-order valence-electron chi connectivity index (χ0n) is 10.1. The largest absolute Gasteiger partial charge is 0.326 e. The number of nitrogens with zero attached hydrogens (tertiary/aromatic N) is 2. The van der Waals surface area contributed by atoms with Crippen LogP contribution in [-0.2, 0) is 0 Å². The maximum atomic E-state index is 13.5. The number of carbonyl (C=O) groups excluding carboxylic acids is 1. The van der Waals surface area contributed by atoms with E-state index in [1.807, 2.05) is 0 Å². The normalized spacial score (nSPS) is 17.4. The highest BCUT2D eigenvalue weighted by atomic mass is 19.2. The molecule has 1 heterocycles. The van der Waals surface area contributed by atoms with E-state index in [0.717, 1.165) is 6.07 Å². The Morgan fingerprint density at radius 1 is 1.39 bits per heavy atom. The van der Waals surface area contributed by atoms with Gasteiger partial charge in [-0.2, -0.15) is 0 Å². The number of hydrogen-bond acceptors (Lipinski definition) is 2. The van der Waals surface area contributed by atoms with E-state index in [9.17, 15) is 13.6 Å². The molecule has 4 nitrogen and oxygen atoms in total. The van der Waals surface area contributed by atoms with E-state index in [2.05, 4.69) is 0 Å². The highest BCUT2D eigenvalue weighted by molar-refractivity contribution is 5.76. The van der Waals surface area contributed by atoms with Gasteiger partial charge >= 0.3 is 6.03 Å². The molecule has 98 valence electrons. The molecule has 1 aromatic rings. The second-order valence-electron chi connectivity index (χ2n) is 4.40. The molecule has 1 atom stereocenters. The fourth-order valence-corrected chi connectivity index (χ4v) is 2.02. The van der Waals surface area contributed by atoms with Crippen LogP contribution in [0.5, 0.6) is 0 Å². The van der Waals surface area contributed by atoms with E-state index in [4.69, 9.17) is 5.73 Å². The second-order valence-corrected chi connectivity index (χ2v) is 4.40. The average Bonchev–Trinajstić information content (AvgIpc) is 2.64. The lowest BCUT2D eigenvalue weighted by Crippen LogP contribution is -2.35. The first-order chi connectivity index (χ1) is 8.50. The minimum absolute atomic E-state index is 0.0948. The SMILES string of the molecule is CN1CCN(CC(N)c2cccc(F)c2F)C1=O. The van der Waals surface area contributed by atoms with E-state index in [0.29, 0.717) is 13.1 Å². The van der Waals surface area contributed by atoms with Crippen molar-refractivity contribution >= 4 is 6.03 Å². The summed E-state index contributed by atoms with van der Waals surface area (Å²) in [4.78, 5) is 14.8. The number of amides is 2. The molecule has 1 saturated heterocycles. The molecule has 2 amide bonds. The third-order valence-electron chi connectivity index (χ3n) is 3.10. The van der Waals surface area contributed by atoms with E-state index in [-0.39, 0.29) is 18.1 Å². The number of nitrogens with two attached hydrogens (primary N) is 1. The van der Waals surface area contributed by atoms with Crippen molar-refractivity contribution in [3.05, 3.63) is 35.4 Å². The van der Waals surface area contributed by atoms with Gasteiger partial charge in [0.2, 0.25) is 0 Å². The fourth-order valence-electron chi connectivity index (χ4n) is 2.02. The van der Waals surface area contributed by atoms with Gasteiger partial charge in [0.1, 0.15) is 0 Å². The van der Waals surface area contributed by atoms with Gasteiger partial charge in [-0.15, -0.1) is 0 Å². The Morgan fingerprint density at radius 3 is 2.72 bits per heavy atom. The molecule has 0 spiro atoms. The molecule has 1 aromatic carbocycles. The van der Waals surface area contributed by atoms with Gasteiger partial charge in [-0.05, 0) is 6.07 Å². The molecule has 18 heavy (non-hydrogen) atoms. The van der Waals surface area contributed by atoms with Crippen LogP contribution in [0.3, 0.4) is 0 Å². The Labute approximate surface area is 104 Å². The van der Waals surface area contributed by atoms with Crippen LogP contribution in [0.2, 0.25) is 0 Å². The van der Waals surface area contributed by atoms with Crippen LogP contribution in [0.25, 0.3) is 0 Å². The van der Waals surface area contributed by atoms with Gasteiger partial charge in [0, 0.05) is 32.2 Å². The van der Waals surface area contributed by atoms with Gasteiger partial charge < -0.3 is 15.5 Å². The van der Waals surface area contributed by atoms with Gasteiger partial charge in [0.05, 0.1) is 6.04 Å². The van der Waals surface area contributed by atoms with Gasteiger partial charge in [-0.1, -0.05) is 12.1 Å². The third kappa shape index (κ3) is 2.28. The first-order valence-electron chi connectivity index (χ1n) is 5.70. The molecule has 0 bridgehead atoms. The topological polar surface area (TPSA) is 49.6 Å². The molecule has 2 rings (SSSR count). The maximum absolute atomic E-state index is 13.5. The predicted molar refractivity (Wildman–Crippen MR) is 62.9 cm³/mol. The highest BCUT2D eigenvalue weighted by Crippen LogP contribution is 2.19. The van der Waals surface area contributed by atoms with Crippen LogP contribution < -0.4 is 5.73 Å². The van der Waals surface area contributed by atoms with Crippen LogP contribution in [0, 0.1) is 11.6 Å². The van der Waals surface area contributed by atoms with Crippen molar-refractivity contribution in [2.45, 2.75) is 6.04 Å². The molecule has 0 aromatic heterocycles. The summed E-state index contributed by atoms with van der Waals surface area (Å²) in [6.45, 7) is 1.36. The second kappa shape index (κ2) is 4.89. The summed E-state index contributed by atoms with van der Waals surface area (Å²) >= 11 is 0. The molecule has 0 radical (unpaired) electrons. The Morgan fingerprint density at radius 2 is 2.11 bits per heavy atom. The Balaban J connectivity index is 2.10. The zero-order chi connectivity index (χ0) is 13.3. The number of likely N-dealkylation sites (N-methyl/N-ethyl adjacent to an activating group) is 1. The molecular formula is C12H15F2N3O. The van der Waals surface area contributed by atoms with Gasteiger partial charge in [-0.3, -0.25) is 0 Å². The van der Waals surface area contributed by atoms with E-state index < -0.39 is 17.7 Å². The molecule has 1 fully saturated rings. The highest BCUT2D eigenvalue weighted by Gasteiger charge is 2.27. The first-order valence-corrected chi connectivity index (χ1v) is 5.70. The maximum Gasteiger partial charge on any atom is 0.319 e. The fraction of sp³-hybridized carbons (Fsp3) is 0.417. The van der Waals surface area contributed by atoms with Crippen molar-refractivity contribution in [1.82, 2.24) is 9.80 Å². The molecular weight excluding hydrogens is 240 g/mol. The standard InChI is InChI=1S/C12H15F2N3O/c1-16-5-6-17(12(16)18)7-10(15)8-3-2-4-9(13)11(8)14/h2-4,10H,5-7,15H2,1H3. The third-order valence-corrected chi connectivity index (χ3v) is 3.10. The van der Waals surface area contributed by atoms with Crippen molar-refractivity contribution in [2.75, 3.05) is 26.7 Å². The van der Waals surface area contributed by atoms with Gasteiger partial charge in [0.15, 0.2) is 11.6 Å². The van der Waals surface area contributed by atoms with Gasteiger partial charge in [-0.25, -0.2) is 13.6 Å². The van der Waals surface area contributed by atoms with Crippen LogP contribution in [0.15, 0.2) is 18.2 Å². The van der Waals surface area contributed by atoms with Crippen LogP contribution in [-0.4, -0.2) is 42.5 Å². The average molecular weight is 255 g/mol. The summed E-state index contributed by atoms with van der Waals surface area (Å²) in [5, 5.41) is 0. The van der Waals surface area contributed by atoms with Crippen molar-refractivity contribution in [3.8, 4) is 0 Å². The van der Waals surface area contributed by atoms with Crippen LogP contribution in [0.4, 0.5) is 13.6 Å². The Hall–Kier alpha value is -1.69. The quantitative estimate of drug-likeness (QED) is 0.886. The summed E-state index contributed by atoms with van der Waals surface area (Å²) in [6, 6.07) is 3.03. The molecule has 1 aliphatic rings. The number of halogens is 2. The minimum atomic E-state index is -0.940. The molecule has 6 heteroatoms. The predicted octanol–water partition coefficient (Wildman–Crippen LogP) is 1.33. The smallest absolute Gasteiger partial charge is 0.319 e. The number of carbonyl (C=O) groups is 1. The molecule has 0 aliphatic carbocycles. The number of urea groups is 1. The molecule has 0 saturated carbocycles. The summed E-state index contributed by atoms with van der Waals surface area (Å²) < 4.78 is 26.6. The summed E-state index contributed by atoms with van der Waals surface area (Å²) in [5.74, 6) is -1.86. The van der Waals surface area contributed by atoms with E-state index in [1.54, 1.807) is 11.9 Å². The Bertz CT molecular complexity index is 467. The number of benzene rings is 1.